The minimum absolute atomic E-state index is 0.103. The van der Waals surface area contributed by atoms with E-state index in [2.05, 4.69) is 15.6 Å². The number of methoxy groups -OCH3 is 1. The Morgan fingerprint density at radius 3 is 2.38 bits per heavy atom. The second-order valence-corrected chi connectivity index (χ2v) is 10.6. The Bertz CT molecular complexity index is 1070. The number of amides is 2. The molecule has 2 heterocycles. The van der Waals surface area contributed by atoms with E-state index in [0.29, 0.717) is 25.1 Å². The molecule has 1 fully saturated rings. The average molecular weight is 489 g/mol. The molecule has 1 aromatic heterocycles. The van der Waals surface area contributed by atoms with Crippen LogP contribution in [0.25, 0.3) is 0 Å². The van der Waals surface area contributed by atoms with Crippen molar-refractivity contribution in [1.82, 2.24) is 19.9 Å². The van der Waals surface area contributed by atoms with Gasteiger partial charge in [0.25, 0.3) is 0 Å². The molecular formula is C24H32N4O5S. The Balaban J connectivity index is 1.55. The molecule has 184 valence electrons. The number of ether oxygens (including phenoxy) is 1. The Morgan fingerprint density at radius 1 is 1.15 bits per heavy atom. The molecule has 1 aliphatic heterocycles. The highest BCUT2D eigenvalue weighted by atomic mass is 32.2. The molecule has 2 aromatic rings. The molecule has 10 heteroatoms. The Hall–Kier alpha value is -2.98. The minimum atomic E-state index is -3.64. The lowest BCUT2D eigenvalue weighted by atomic mass is 9.95. The quantitative estimate of drug-likeness (QED) is 0.557. The Labute approximate surface area is 201 Å². The first-order chi connectivity index (χ1) is 16.2. The highest BCUT2D eigenvalue weighted by Crippen LogP contribution is 2.25. The van der Waals surface area contributed by atoms with Crippen LogP contribution in [-0.2, 0) is 26.2 Å². The first kappa shape index (κ1) is 25.6. The van der Waals surface area contributed by atoms with Gasteiger partial charge in [0.15, 0.2) is 0 Å². The summed E-state index contributed by atoms with van der Waals surface area (Å²) >= 11 is 0. The van der Waals surface area contributed by atoms with Crippen LogP contribution in [0.2, 0.25) is 0 Å². The van der Waals surface area contributed by atoms with Gasteiger partial charge in [0, 0.05) is 37.9 Å². The van der Waals surface area contributed by atoms with Gasteiger partial charge < -0.3 is 15.4 Å². The summed E-state index contributed by atoms with van der Waals surface area (Å²) in [4.78, 5) is 29.9. The third-order valence-electron chi connectivity index (χ3n) is 5.96. The fraction of sp³-hybridized carbons (Fsp3) is 0.458. The first-order valence-corrected chi connectivity index (χ1v) is 12.8. The number of sulfonamides is 1. The number of hydrogen-bond donors (Lipinski definition) is 2. The molecule has 9 nitrogen and oxygen atoms in total. The zero-order chi connectivity index (χ0) is 24.7. The minimum Gasteiger partial charge on any atom is -0.497 e. The fourth-order valence-electron chi connectivity index (χ4n) is 3.86. The smallest absolute Gasteiger partial charge is 0.243 e. The fourth-order valence-corrected chi connectivity index (χ4v) is 5.33. The summed E-state index contributed by atoms with van der Waals surface area (Å²) in [6.07, 6.45) is 4.12. The number of pyridine rings is 1. The summed E-state index contributed by atoms with van der Waals surface area (Å²) in [7, 11) is -2.12. The summed E-state index contributed by atoms with van der Waals surface area (Å²) in [6.45, 7) is 4.56. The number of carbonyl (C=O) groups excluding carboxylic acids is 2. The maximum Gasteiger partial charge on any atom is 0.243 e. The summed E-state index contributed by atoms with van der Waals surface area (Å²) in [5.41, 5.74) is 0.870. The van der Waals surface area contributed by atoms with Gasteiger partial charge in [0.05, 0.1) is 12.0 Å². The monoisotopic (exact) mass is 488 g/mol. The van der Waals surface area contributed by atoms with Gasteiger partial charge in [-0.05, 0) is 54.7 Å². The number of nitrogens with one attached hydrogen (secondary N) is 2. The van der Waals surface area contributed by atoms with Gasteiger partial charge in [-0.2, -0.15) is 4.31 Å². The van der Waals surface area contributed by atoms with Crippen molar-refractivity contribution in [2.24, 2.45) is 11.8 Å². The van der Waals surface area contributed by atoms with Crippen molar-refractivity contribution >= 4 is 21.8 Å². The third kappa shape index (κ3) is 6.32. The topological polar surface area (TPSA) is 118 Å². The van der Waals surface area contributed by atoms with Crippen molar-refractivity contribution in [1.29, 1.82) is 0 Å². The number of rotatable bonds is 9. The number of hydrogen-bond acceptors (Lipinski definition) is 6. The summed E-state index contributed by atoms with van der Waals surface area (Å²) < 4.78 is 32.4. The Morgan fingerprint density at radius 2 is 1.82 bits per heavy atom. The molecule has 1 aliphatic rings. The maximum absolute atomic E-state index is 12.9. The number of aromatic nitrogens is 1. The number of benzene rings is 1. The van der Waals surface area contributed by atoms with Gasteiger partial charge in [-0.1, -0.05) is 19.9 Å². The van der Waals surface area contributed by atoms with Crippen LogP contribution in [-0.4, -0.2) is 55.8 Å². The van der Waals surface area contributed by atoms with Crippen molar-refractivity contribution in [3.63, 3.8) is 0 Å². The van der Waals surface area contributed by atoms with Gasteiger partial charge in [0.1, 0.15) is 11.8 Å². The molecule has 2 N–H and O–H groups in total. The molecule has 1 aromatic carbocycles. The highest BCUT2D eigenvalue weighted by molar-refractivity contribution is 7.89. The largest absolute Gasteiger partial charge is 0.497 e. The van der Waals surface area contributed by atoms with E-state index in [0.717, 1.165) is 5.56 Å². The van der Waals surface area contributed by atoms with Gasteiger partial charge >= 0.3 is 0 Å². The predicted octanol–water partition coefficient (Wildman–Crippen LogP) is 1.95. The Kier molecular flexibility index (Phi) is 8.62. The van der Waals surface area contributed by atoms with Gasteiger partial charge in [-0.3, -0.25) is 14.6 Å². The van der Waals surface area contributed by atoms with Crippen LogP contribution in [0.15, 0.2) is 53.7 Å². The van der Waals surface area contributed by atoms with Crippen LogP contribution in [0, 0.1) is 11.8 Å². The molecule has 1 unspecified atom stereocenters. The molecule has 0 saturated carbocycles. The van der Waals surface area contributed by atoms with Crippen LogP contribution in [0.1, 0.15) is 32.3 Å². The summed E-state index contributed by atoms with van der Waals surface area (Å²) in [5, 5.41) is 5.72. The summed E-state index contributed by atoms with van der Waals surface area (Å²) in [5.74, 6) is -0.356. The lowest BCUT2D eigenvalue weighted by molar-refractivity contribution is -0.132. The van der Waals surface area contributed by atoms with Crippen molar-refractivity contribution < 1.29 is 22.7 Å². The predicted molar refractivity (Wildman–Crippen MR) is 127 cm³/mol. The molecule has 3 rings (SSSR count). The number of nitrogens with zero attached hydrogens (tertiary/aromatic N) is 2. The van der Waals surface area contributed by atoms with Gasteiger partial charge in [0.2, 0.25) is 21.8 Å². The van der Waals surface area contributed by atoms with Crippen LogP contribution >= 0.6 is 0 Å². The van der Waals surface area contributed by atoms with E-state index in [4.69, 9.17) is 4.74 Å². The van der Waals surface area contributed by atoms with Gasteiger partial charge in [-0.15, -0.1) is 0 Å². The summed E-state index contributed by atoms with van der Waals surface area (Å²) in [6, 6.07) is 9.24. The normalized spacial score (nSPS) is 16.1. The second kappa shape index (κ2) is 11.4. The third-order valence-corrected chi connectivity index (χ3v) is 7.87. The number of piperidine rings is 1. The van der Waals surface area contributed by atoms with Crippen molar-refractivity contribution in [2.75, 3.05) is 20.2 Å². The molecule has 1 atom stereocenters. The molecular weight excluding hydrogens is 456 g/mol. The molecule has 2 amide bonds. The maximum atomic E-state index is 12.9. The van der Waals surface area contributed by atoms with Gasteiger partial charge in [-0.25, -0.2) is 8.42 Å². The van der Waals surface area contributed by atoms with E-state index in [1.807, 2.05) is 19.9 Å². The van der Waals surface area contributed by atoms with Crippen molar-refractivity contribution in [3.05, 3.63) is 54.4 Å². The second-order valence-electron chi connectivity index (χ2n) is 8.66. The van der Waals surface area contributed by atoms with Crippen molar-refractivity contribution in [3.8, 4) is 5.75 Å². The van der Waals surface area contributed by atoms with Crippen LogP contribution in [0.4, 0.5) is 0 Å². The van der Waals surface area contributed by atoms with E-state index in [9.17, 15) is 18.0 Å². The average Bonchev–Trinajstić information content (AvgIpc) is 2.86. The standard InChI is InChI=1S/C24H32N4O5S/c1-17(2)22(24(30)26-16-18-5-4-12-25-15-18)27-23(29)19-10-13-28(14-11-19)34(31,32)21-8-6-20(33-3)7-9-21/h4-9,12,15,17,19,22H,10-11,13-14,16H2,1-3H3,(H,26,30)(H,27,29). The van der Waals surface area contributed by atoms with E-state index >= 15 is 0 Å². The molecule has 0 bridgehead atoms. The molecule has 0 aliphatic carbocycles. The lowest BCUT2D eigenvalue weighted by Gasteiger charge is -2.32. The van der Waals surface area contributed by atoms with Crippen LogP contribution < -0.4 is 15.4 Å². The zero-order valence-corrected chi connectivity index (χ0v) is 20.5. The van der Waals surface area contributed by atoms with E-state index < -0.39 is 16.1 Å². The van der Waals surface area contributed by atoms with E-state index in [1.165, 1.54) is 23.5 Å². The lowest BCUT2D eigenvalue weighted by Crippen LogP contribution is -2.52. The van der Waals surface area contributed by atoms with E-state index in [-0.39, 0.29) is 41.6 Å². The van der Waals surface area contributed by atoms with Crippen molar-refractivity contribution in [2.45, 2.75) is 44.2 Å². The molecule has 1 saturated heterocycles. The van der Waals surface area contributed by atoms with Crippen LogP contribution in [0.3, 0.4) is 0 Å². The van der Waals surface area contributed by atoms with E-state index in [1.54, 1.807) is 30.6 Å². The highest BCUT2D eigenvalue weighted by Gasteiger charge is 2.34. The zero-order valence-electron chi connectivity index (χ0n) is 19.7. The molecule has 0 radical (unpaired) electrons. The molecule has 0 spiro atoms. The van der Waals surface area contributed by atoms with Crippen LogP contribution in [0.5, 0.6) is 5.75 Å². The first-order valence-electron chi connectivity index (χ1n) is 11.3. The SMILES string of the molecule is COc1ccc(S(=O)(=O)N2CCC(C(=O)NC(C(=O)NCc3cccnc3)C(C)C)CC2)cc1. The molecule has 34 heavy (non-hydrogen) atoms. The number of carbonyl (C=O) groups is 2.